The van der Waals surface area contributed by atoms with Gasteiger partial charge in [0.05, 0.1) is 27.9 Å². The molecule has 1 atom stereocenters. The first kappa shape index (κ1) is 20.7. The van der Waals surface area contributed by atoms with E-state index in [1.807, 2.05) is 30.0 Å². The topological polar surface area (TPSA) is 49.7 Å². The van der Waals surface area contributed by atoms with Crippen molar-refractivity contribution < 1.29 is 9.00 Å². The number of hydrogen-bond donors (Lipinski definition) is 0. The Bertz CT molecular complexity index is 1040. The molecule has 1 unspecified atom stereocenters. The summed E-state index contributed by atoms with van der Waals surface area (Å²) in [5.41, 5.74) is 3.70. The molecule has 1 fully saturated rings. The van der Waals surface area contributed by atoms with Gasteiger partial charge in [0.1, 0.15) is 0 Å². The van der Waals surface area contributed by atoms with Crippen LogP contribution in [-0.4, -0.2) is 33.1 Å². The van der Waals surface area contributed by atoms with Crippen LogP contribution in [0.2, 0.25) is 10.0 Å². The predicted molar refractivity (Wildman–Crippen MR) is 120 cm³/mol. The zero-order valence-corrected chi connectivity index (χ0v) is 18.7. The van der Waals surface area contributed by atoms with Crippen LogP contribution >= 0.6 is 23.2 Å². The molecule has 0 saturated carbocycles. The number of hydrogen-bond acceptors (Lipinski definition) is 3. The minimum Gasteiger partial charge on any atom is -0.335 e. The highest BCUT2D eigenvalue weighted by Gasteiger charge is 2.30. The summed E-state index contributed by atoms with van der Waals surface area (Å²) in [4.78, 5) is 14.9. The van der Waals surface area contributed by atoms with Gasteiger partial charge >= 0.3 is 0 Å². The molecule has 2 aliphatic heterocycles. The van der Waals surface area contributed by atoms with Crippen LogP contribution in [0.4, 0.5) is 5.69 Å². The minimum atomic E-state index is -2.12. The Hall–Kier alpha value is -1.56. The van der Waals surface area contributed by atoms with E-state index in [2.05, 4.69) is 4.36 Å². The first-order valence-corrected chi connectivity index (χ1v) is 12.6. The molecule has 4 rings (SSSR count). The highest BCUT2D eigenvalue weighted by molar-refractivity contribution is 7.93. The van der Waals surface area contributed by atoms with E-state index >= 15 is 0 Å². The van der Waals surface area contributed by atoms with Crippen molar-refractivity contribution in [2.45, 2.75) is 38.6 Å². The first-order valence-electron chi connectivity index (χ1n) is 9.95. The number of carbonyl (C=O) groups is 1. The molecule has 154 valence electrons. The Morgan fingerprint density at radius 3 is 2.48 bits per heavy atom. The van der Waals surface area contributed by atoms with Crippen molar-refractivity contribution in [2.75, 3.05) is 18.1 Å². The second kappa shape index (κ2) is 8.29. The Kier molecular flexibility index (Phi) is 5.92. The van der Waals surface area contributed by atoms with Crippen LogP contribution in [0.1, 0.15) is 42.5 Å². The van der Waals surface area contributed by atoms with E-state index in [0.717, 1.165) is 29.7 Å². The smallest absolute Gasteiger partial charge is 0.227 e. The summed E-state index contributed by atoms with van der Waals surface area (Å²) >= 11 is 12.5. The molecule has 7 heteroatoms. The molecule has 1 saturated heterocycles. The maximum atomic E-state index is 13.0. The lowest BCUT2D eigenvalue weighted by Crippen LogP contribution is -2.39. The highest BCUT2D eigenvalue weighted by atomic mass is 35.5. The third kappa shape index (κ3) is 4.18. The first-order chi connectivity index (χ1) is 13.9. The van der Waals surface area contributed by atoms with Crippen LogP contribution in [0.15, 0.2) is 40.8 Å². The van der Waals surface area contributed by atoms with Crippen molar-refractivity contribution in [3.05, 3.63) is 63.1 Å². The molecular weight excluding hydrogens is 427 g/mol. The monoisotopic (exact) mass is 450 g/mol. The van der Waals surface area contributed by atoms with Crippen molar-refractivity contribution in [1.29, 1.82) is 0 Å². The van der Waals surface area contributed by atoms with E-state index in [-0.39, 0.29) is 18.4 Å². The molecule has 0 aliphatic carbocycles. The summed E-state index contributed by atoms with van der Waals surface area (Å²) < 4.78 is 17.6. The molecule has 0 N–H and O–H groups in total. The van der Waals surface area contributed by atoms with Gasteiger partial charge in [-0.15, -0.1) is 0 Å². The summed E-state index contributed by atoms with van der Waals surface area (Å²) in [7, 11) is -2.12. The fraction of sp³-hybridized carbons (Fsp3) is 0.409. The lowest BCUT2D eigenvalue weighted by molar-refractivity contribution is -0.133. The van der Waals surface area contributed by atoms with Gasteiger partial charge in [0.25, 0.3) is 0 Å². The largest absolute Gasteiger partial charge is 0.335 e. The van der Waals surface area contributed by atoms with Gasteiger partial charge in [0.15, 0.2) is 0 Å². The number of carbonyl (C=O) groups excluding carboxylic acids is 1. The average molecular weight is 451 g/mol. The maximum absolute atomic E-state index is 13.0. The molecule has 2 heterocycles. The quantitative estimate of drug-likeness (QED) is 0.612. The van der Waals surface area contributed by atoms with E-state index in [9.17, 15) is 9.00 Å². The van der Waals surface area contributed by atoms with Crippen LogP contribution in [0.25, 0.3) is 0 Å². The van der Waals surface area contributed by atoms with E-state index < -0.39 is 9.73 Å². The maximum Gasteiger partial charge on any atom is 0.227 e. The Balaban J connectivity index is 1.61. The molecule has 29 heavy (non-hydrogen) atoms. The number of fused-ring (bicyclic) bond motifs is 1. The van der Waals surface area contributed by atoms with Gasteiger partial charge < -0.3 is 4.90 Å². The third-order valence-corrected chi connectivity index (χ3v) is 8.95. The van der Waals surface area contributed by atoms with Gasteiger partial charge in [0, 0.05) is 28.1 Å². The van der Waals surface area contributed by atoms with Gasteiger partial charge in [-0.2, -0.15) is 4.36 Å². The van der Waals surface area contributed by atoms with E-state index in [1.165, 1.54) is 0 Å². The van der Waals surface area contributed by atoms with Crippen LogP contribution < -0.4 is 0 Å². The van der Waals surface area contributed by atoms with Crippen molar-refractivity contribution in [3.63, 3.8) is 0 Å². The zero-order chi connectivity index (χ0) is 20.6. The molecular formula is C22H24Cl2N2O2S. The summed E-state index contributed by atoms with van der Waals surface area (Å²) in [6.07, 6.45) is 2.86. The van der Waals surface area contributed by atoms with Crippen LogP contribution in [-0.2, 0) is 27.4 Å². The normalized spacial score (nSPS) is 20.4. The van der Waals surface area contributed by atoms with Crippen LogP contribution in [0, 0.1) is 0 Å². The van der Waals surface area contributed by atoms with E-state index in [4.69, 9.17) is 23.2 Å². The summed E-state index contributed by atoms with van der Waals surface area (Å²) in [6, 6.07) is 11.2. The van der Waals surface area contributed by atoms with Crippen LogP contribution in [0.3, 0.4) is 0 Å². The van der Waals surface area contributed by atoms with E-state index in [1.54, 1.807) is 18.2 Å². The second-order valence-electron chi connectivity index (χ2n) is 7.71. The molecule has 1 amide bonds. The molecule has 0 aromatic heterocycles. The number of halogens is 2. The number of amides is 1. The zero-order valence-electron chi connectivity index (χ0n) is 16.4. The van der Waals surface area contributed by atoms with Crippen molar-refractivity contribution in [1.82, 2.24) is 4.90 Å². The van der Waals surface area contributed by atoms with Gasteiger partial charge in [0.2, 0.25) is 5.91 Å². The second-order valence-corrected chi connectivity index (χ2v) is 11.1. The number of benzene rings is 2. The van der Waals surface area contributed by atoms with Crippen molar-refractivity contribution >= 4 is 44.5 Å². The van der Waals surface area contributed by atoms with Gasteiger partial charge in [-0.3, -0.25) is 4.79 Å². The lowest BCUT2D eigenvalue weighted by Gasteiger charge is -2.36. The summed E-state index contributed by atoms with van der Waals surface area (Å²) in [5.74, 6) is 1.38. The Morgan fingerprint density at radius 1 is 1.14 bits per heavy atom. The van der Waals surface area contributed by atoms with E-state index in [0.29, 0.717) is 40.1 Å². The van der Waals surface area contributed by atoms with Gasteiger partial charge in [-0.25, -0.2) is 4.21 Å². The standard InChI is InChI=1S/C22H24Cl2N2O2S/c1-15-16-6-4-9-21(25-29(28)12-2-3-13-29)17(16)10-11-26(15)22(27)14-18-19(23)7-5-8-20(18)24/h4-9,15H,2-3,10-14H2,1H3. The predicted octanol–water partition coefficient (Wildman–Crippen LogP) is 5.58. The fourth-order valence-electron chi connectivity index (χ4n) is 4.26. The molecule has 4 nitrogen and oxygen atoms in total. The third-order valence-electron chi connectivity index (χ3n) is 5.86. The molecule has 2 aromatic carbocycles. The van der Waals surface area contributed by atoms with Gasteiger partial charge in [-0.1, -0.05) is 41.4 Å². The molecule has 0 spiro atoms. The minimum absolute atomic E-state index is 0.00204. The molecule has 0 radical (unpaired) electrons. The number of rotatable bonds is 3. The fourth-order valence-corrected chi connectivity index (χ4v) is 7.02. The van der Waals surface area contributed by atoms with Crippen molar-refractivity contribution in [3.8, 4) is 0 Å². The van der Waals surface area contributed by atoms with Gasteiger partial charge in [-0.05, 0) is 61.1 Å². The van der Waals surface area contributed by atoms with Crippen molar-refractivity contribution in [2.24, 2.45) is 4.36 Å². The molecule has 2 aromatic rings. The Morgan fingerprint density at radius 2 is 1.79 bits per heavy atom. The highest BCUT2D eigenvalue weighted by Crippen LogP contribution is 2.37. The average Bonchev–Trinajstić information content (AvgIpc) is 3.11. The molecule has 2 aliphatic rings. The SMILES string of the molecule is CC1c2cccc(N=S3(=O)CCCC3)c2CCN1C(=O)Cc1c(Cl)cccc1Cl. The Labute approximate surface area is 182 Å². The van der Waals surface area contributed by atoms with Crippen LogP contribution in [0.5, 0.6) is 0 Å². The summed E-state index contributed by atoms with van der Waals surface area (Å²) in [5, 5.41) is 1.02. The molecule has 0 bridgehead atoms. The number of nitrogens with zero attached hydrogens (tertiary/aromatic N) is 2. The summed E-state index contributed by atoms with van der Waals surface area (Å²) in [6.45, 7) is 2.63. The lowest BCUT2D eigenvalue weighted by atomic mass is 9.92.